The molecular formula is C22H33IN6. The van der Waals surface area contributed by atoms with E-state index in [1.165, 1.54) is 16.7 Å². The standard InChI is InChI=1S/C22H32N6.HI/c1-4-23-22(25-16-19-9-6-5-8-18(19)2)26-17-20-10-7-11-24-21(20)28-14-12-27(3)13-15-28;/h5-11H,4,12-17H2,1-3H3,(H2,23,25,26);1H. The molecule has 29 heavy (non-hydrogen) atoms. The maximum atomic E-state index is 4.82. The number of likely N-dealkylation sites (N-methyl/N-ethyl adjacent to an activating group) is 1. The number of hydrogen-bond acceptors (Lipinski definition) is 4. The molecule has 1 aromatic heterocycles. The molecule has 2 aromatic rings. The lowest BCUT2D eigenvalue weighted by Gasteiger charge is -2.34. The van der Waals surface area contributed by atoms with Crippen LogP contribution in [0.25, 0.3) is 0 Å². The fraction of sp³-hybridized carbons (Fsp3) is 0.455. The summed E-state index contributed by atoms with van der Waals surface area (Å²) in [6.07, 6.45) is 1.88. The van der Waals surface area contributed by atoms with Crippen molar-refractivity contribution in [2.24, 2.45) is 4.99 Å². The molecule has 1 fully saturated rings. The number of pyridine rings is 1. The van der Waals surface area contributed by atoms with Gasteiger partial charge in [0.2, 0.25) is 0 Å². The summed E-state index contributed by atoms with van der Waals surface area (Å²) in [6.45, 7) is 10.6. The molecule has 3 rings (SSSR count). The highest BCUT2D eigenvalue weighted by Gasteiger charge is 2.17. The Balaban J connectivity index is 0.00000300. The number of piperazine rings is 1. The lowest BCUT2D eigenvalue weighted by Crippen LogP contribution is -2.45. The van der Waals surface area contributed by atoms with Crippen LogP contribution in [0, 0.1) is 6.92 Å². The van der Waals surface area contributed by atoms with Crippen LogP contribution in [-0.4, -0.2) is 55.6 Å². The quantitative estimate of drug-likeness (QED) is 0.357. The van der Waals surface area contributed by atoms with E-state index >= 15 is 0 Å². The number of hydrogen-bond donors (Lipinski definition) is 2. The van der Waals surface area contributed by atoms with Crippen LogP contribution in [0.2, 0.25) is 0 Å². The SMILES string of the molecule is CCNC(=NCc1cccnc1N1CCN(C)CC1)NCc1ccccc1C.I. The molecular weight excluding hydrogens is 475 g/mol. The monoisotopic (exact) mass is 508 g/mol. The predicted octanol–water partition coefficient (Wildman–Crippen LogP) is 3.02. The van der Waals surface area contributed by atoms with Crippen molar-refractivity contribution < 1.29 is 0 Å². The number of aryl methyl sites for hydroxylation is 1. The van der Waals surface area contributed by atoms with Gasteiger partial charge in [0.1, 0.15) is 5.82 Å². The van der Waals surface area contributed by atoms with Gasteiger partial charge in [0.25, 0.3) is 0 Å². The van der Waals surface area contributed by atoms with Gasteiger partial charge in [-0.15, -0.1) is 24.0 Å². The van der Waals surface area contributed by atoms with Crippen molar-refractivity contribution in [1.82, 2.24) is 20.5 Å². The molecule has 7 heteroatoms. The maximum absolute atomic E-state index is 4.82. The maximum Gasteiger partial charge on any atom is 0.191 e. The molecule has 1 aliphatic heterocycles. The zero-order valence-corrected chi connectivity index (χ0v) is 20.0. The zero-order chi connectivity index (χ0) is 19.8. The molecule has 0 radical (unpaired) electrons. The van der Waals surface area contributed by atoms with Crippen molar-refractivity contribution in [2.75, 3.05) is 44.7 Å². The third-order valence-electron chi connectivity index (χ3n) is 5.13. The van der Waals surface area contributed by atoms with Gasteiger partial charge in [0.15, 0.2) is 5.96 Å². The van der Waals surface area contributed by atoms with Crippen LogP contribution in [-0.2, 0) is 13.1 Å². The molecule has 2 N–H and O–H groups in total. The molecule has 1 aliphatic rings. The van der Waals surface area contributed by atoms with Crippen LogP contribution in [0.1, 0.15) is 23.6 Å². The van der Waals surface area contributed by atoms with Gasteiger partial charge in [-0.3, -0.25) is 0 Å². The van der Waals surface area contributed by atoms with Crippen molar-refractivity contribution in [3.05, 3.63) is 59.3 Å². The van der Waals surface area contributed by atoms with Crippen LogP contribution in [0.5, 0.6) is 0 Å². The zero-order valence-electron chi connectivity index (χ0n) is 17.7. The van der Waals surface area contributed by atoms with E-state index in [0.717, 1.165) is 51.0 Å². The molecule has 1 saturated heterocycles. The summed E-state index contributed by atoms with van der Waals surface area (Å²) in [5.41, 5.74) is 3.74. The first-order valence-electron chi connectivity index (χ1n) is 10.1. The van der Waals surface area contributed by atoms with Gasteiger partial charge in [-0.05, 0) is 38.1 Å². The summed E-state index contributed by atoms with van der Waals surface area (Å²) in [4.78, 5) is 14.2. The number of rotatable bonds is 6. The number of nitrogens with one attached hydrogen (secondary N) is 2. The number of benzene rings is 1. The Hall–Kier alpha value is -1.87. The molecule has 158 valence electrons. The molecule has 1 aromatic carbocycles. The van der Waals surface area contributed by atoms with Crippen LogP contribution >= 0.6 is 24.0 Å². The first-order valence-corrected chi connectivity index (χ1v) is 10.1. The molecule has 2 heterocycles. The van der Waals surface area contributed by atoms with Gasteiger partial charge >= 0.3 is 0 Å². The predicted molar refractivity (Wildman–Crippen MR) is 132 cm³/mol. The summed E-state index contributed by atoms with van der Waals surface area (Å²) in [5.74, 6) is 1.90. The van der Waals surface area contributed by atoms with E-state index < -0.39 is 0 Å². The van der Waals surface area contributed by atoms with Crippen molar-refractivity contribution >= 4 is 35.8 Å². The van der Waals surface area contributed by atoms with Crippen molar-refractivity contribution in [1.29, 1.82) is 0 Å². The van der Waals surface area contributed by atoms with E-state index in [0.29, 0.717) is 6.54 Å². The lowest BCUT2D eigenvalue weighted by atomic mass is 10.1. The van der Waals surface area contributed by atoms with E-state index in [2.05, 4.69) is 76.6 Å². The summed E-state index contributed by atoms with van der Waals surface area (Å²) in [6, 6.07) is 12.6. The third kappa shape index (κ3) is 6.85. The average Bonchev–Trinajstić information content (AvgIpc) is 2.72. The van der Waals surface area contributed by atoms with Gasteiger partial charge < -0.3 is 20.4 Å². The summed E-state index contributed by atoms with van der Waals surface area (Å²) >= 11 is 0. The number of halogens is 1. The number of aliphatic imine (C=N–C) groups is 1. The summed E-state index contributed by atoms with van der Waals surface area (Å²) in [5, 5.41) is 6.80. The van der Waals surface area contributed by atoms with Crippen LogP contribution in [0.3, 0.4) is 0 Å². The smallest absolute Gasteiger partial charge is 0.191 e. The highest BCUT2D eigenvalue weighted by molar-refractivity contribution is 14.0. The Labute approximate surface area is 191 Å². The average molecular weight is 508 g/mol. The minimum Gasteiger partial charge on any atom is -0.357 e. The largest absolute Gasteiger partial charge is 0.357 e. The second-order valence-corrected chi connectivity index (χ2v) is 7.25. The minimum atomic E-state index is 0. The normalized spacial score (nSPS) is 15.0. The Morgan fingerprint density at radius 1 is 1.03 bits per heavy atom. The number of guanidine groups is 1. The van der Waals surface area contributed by atoms with Crippen LogP contribution in [0.4, 0.5) is 5.82 Å². The van der Waals surface area contributed by atoms with Crippen LogP contribution in [0.15, 0.2) is 47.6 Å². The van der Waals surface area contributed by atoms with Gasteiger partial charge in [-0.1, -0.05) is 30.3 Å². The molecule has 0 spiro atoms. The van der Waals surface area contributed by atoms with Gasteiger partial charge in [0.05, 0.1) is 6.54 Å². The number of anilines is 1. The van der Waals surface area contributed by atoms with E-state index in [-0.39, 0.29) is 24.0 Å². The molecule has 0 unspecified atom stereocenters. The van der Waals surface area contributed by atoms with Crippen molar-refractivity contribution in [2.45, 2.75) is 26.9 Å². The fourth-order valence-electron chi connectivity index (χ4n) is 3.35. The molecule has 6 nitrogen and oxygen atoms in total. The second kappa shape index (κ2) is 12.0. The second-order valence-electron chi connectivity index (χ2n) is 7.25. The van der Waals surface area contributed by atoms with E-state index in [9.17, 15) is 0 Å². The highest BCUT2D eigenvalue weighted by atomic mass is 127. The van der Waals surface area contributed by atoms with Crippen LogP contribution < -0.4 is 15.5 Å². The summed E-state index contributed by atoms with van der Waals surface area (Å²) < 4.78 is 0. The number of nitrogens with zero attached hydrogens (tertiary/aromatic N) is 4. The van der Waals surface area contributed by atoms with E-state index in [4.69, 9.17) is 4.99 Å². The summed E-state index contributed by atoms with van der Waals surface area (Å²) in [7, 11) is 2.17. The first-order chi connectivity index (χ1) is 13.7. The lowest BCUT2D eigenvalue weighted by molar-refractivity contribution is 0.312. The van der Waals surface area contributed by atoms with Gasteiger partial charge in [0, 0.05) is 51.0 Å². The Morgan fingerprint density at radius 2 is 1.76 bits per heavy atom. The van der Waals surface area contributed by atoms with Gasteiger partial charge in [-0.2, -0.15) is 0 Å². The number of aromatic nitrogens is 1. The molecule has 0 bridgehead atoms. The third-order valence-corrected chi connectivity index (χ3v) is 5.13. The van der Waals surface area contributed by atoms with Crippen molar-refractivity contribution in [3.63, 3.8) is 0 Å². The molecule has 0 saturated carbocycles. The molecule has 0 aliphatic carbocycles. The Bertz CT molecular complexity index is 786. The van der Waals surface area contributed by atoms with E-state index in [1.807, 2.05) is 12.3 Å². The Kier molecular flexibility index (Phi) is 9.66. The highest BCUT2D eigenvalue weighted by Crippen LogP contribution is 2.19. The van der Waals surface area contributed by atoms with Gasteiger partial charge in [-0.25, -0.2) is 9.98 Å². The van der Waals surface area contributed by atoms with Crippen molar-refractivity contribution in [3.8, 4) is 0 Å². The topological polar surface area (TPSA) is 55.8 Å². The Morgan fingerprint density at radius 3 is 2.48 bits per heavy atom. The molecule has 0 amide bonds. The molecule has 0 atom stereocenters. The fourth-order valence-corrected chi connectivity index (χ4v) is 3.35. The van der Waals surface area contributed by atoms with E-state index in [1.54, 1.807) is 0 Å². The first kappa shape index (κ1) is 23.4. The minimum absolute atomic E-state index is 0.